The van der Waals surface area contributed by atoms with Crippen LogP contribution in [0.4, 0.5) is 15.4 Å². The van der Waals surface area contributed by atoms with E-state index in [0.717, 1.165) is 24.1 Å². The van der Waals surface area contributed by atoms with Crippen molar-refractivity contribution in [2.75, 3.05) is 25.0 Å². The molecule has 1 aromatic carbocycles. The van der Waals surface area contributed by atoms with Crippen LogP contribution in [0.5, 0.6) is 0 Å². The highest BCUT2D eigenvalue weighted by Crippen LogP contribution is 2.29. The van der Waals surface area contributed by atoms with Crippen LogP contribution in [-0.2, 0) is 11.8 Å². The summed E-state index contributed by atoms with van der Waals surface area (Å²) in [5.41, 5.74) is 1.34. The van der Waals surface area contributed by atoms with Crippen LogP contribution in [0.15, 0.2) is 36.4 Å². The molecule has 4 rings (SSSR count). The summed E-state index contributed by atoms with van der Waals surface area (Å²) >= 11 is 0. The van der Waals surface area contributed by atoms with E-state index in [1.165, 1.54) is 0 Å². The zero-order valence-corrected chi connectivity index (χ0v) is 15.3. The lowest BCUT2D eigenvalue weighted by atomic mass is 9.95. The molecule has 3 heterocycles. The number of aromatic nitrogens is 2. The summed E-state index contributed by atoms with van der Waals surface area (Å²) in [6, 6.07) is 11.6. The Labute approximate surface area is 157 Å². The molecule has 0 bridgehead atoms. The van der Waals surface area contributed by atoms with Crippen molar-refractivity contribution in [2.45, 2.75) is 24.9 Å². The number of ether oxygens (including phenoxy) is 1. The van der Waals surface area contributed by atoms with Crippen LogP contribution < -0.4 is 10.6 Å². The maximum atomic E-state index is 12.7. The van der Waals surface area contributed by atoms with E-state index in [-0.39, 0.29) is 12.1 Å². The van der Waals surface area contributed by atoms with Gasteiger partial charge in [-0.25, -0.2) is 9.59 Å². The molecule has 2 N–H and O–H groups in total. The topological polar surface area (TPSA) is 88.5 Å². The second-order valence-corrected chi connectivity index (χ2v) is 7.10. The fraction of sp³-hybridized carbons (Fsp3) is 0.421. The van der Waals surface area contributed by atoms with Crippen LogP contribution in [-0.4, -0.2) is 52.0 Å². The second kappa shape index (κ2) is 6.94. The van der Waals surface area contributed by atoms with E-state index in [4.69, 9.17) is 4.74 Å². The molecule has 27 heavy (non-hydrogen) atoms. The van der Waals surface area contributed by atoms with E-state index >= 15 is 0 Å². The Kier molecular flexibility index (Phi) is 4.47. The number of alkyl carbamates (subject to hydrolysis) is 1. The summed E-state index contributed by atoms with van der Waals surface area (Å²) < 4.78 is 7.13. The van der Waals surface area contributed by atoms with Crippen LogP contribution in [0.25, 0.3) is 11.3 Å². The third kappa shape index (κ3) is 3.60. The normalized spacial score (nSPS) is 22.3. The van der Waals surface area contributed by atoms with Gasteiger partial charge in [-0.05, 0) is 12.8 Å². The summed E-state index contributed by atoms with van der Waals surface area (Å²) in [4.78, 5) is 25.9. The van der Waals surface area contributed by atoms with Gasteiger partial charge in [0.05, 0.1) is 12.2 Å². The highest BCUT2D eigenvalue weighted by molar-refractivity contribution is 5.89. The quantitative estimate of drug-likeness (QED) is 0.852. The molecule has 1 aromatic heterocycles. The Hall–Kier alpha value is -3.03. The fourth-order valence-electron chi connectivity index (χ4n) is 3.67. The van der Waals surface area contributed by atoms with Gasteiger partial charge in [0.1, 0.15) is 11.4 Å². The maximum Gasteiger partial charge on any atom is 0.407 e. The summed E-state index contributed by atoms with van der Waals surface area (Å²) in [5, 5.41) is 10.2. The molecule has 0 saturated carbocycles. The SMILES string of the molecule is Cn1nc(-c2ccccc2)cc1NC(=O)N1CCCC2(CC1)CNC(=O)O2. The van der Waals surface area contributed by atoms with Crippen molar-refractivity contribution in [1.29, 1.82) is 0 Å². The van der Waals surface area contributed by atoms with Gasteiger partial charge in [0.25, 0.3) is 0 Å². The summed E-state index contributed by atoms with van der Waals surface area (Å²) in [7, 11) is 1.81. The van der Waals surface area contributed by atoms with Gasteiger partial charge in [0.15, 0.2) is 0 Å². The van der Waals surface area contributed by atoms with Crippen molar-refractivity contribution in [1.82, 2.24) is 20.0 Å². The standard InChI is InChI=1S/C19H23N5O3/c1-23-16(12-15(22-23)14-6-3-2-4-7-14)21-17(25)24-10-5-8-19(9-11-24)13-20-18(26)27-19/h2-4,6-7,12H,5,8-11,13H2,1H3,(H,20,26)(H,21,25). The zero-order chi connectivity index (χ0) is 18.9. The number of amides is 3. The molecule has 0 aliphatic carbocycles. The number of hydrogen-bond donors (Lipinski definition) is 2. The molecule has 2 aromatic rings. The molecule has 1 spiro atoms. The largest absolute Gasteiger partial charge is 0.441 e. The summed E-state index contributed by atoms with van der Waals surface area (Å²) in [5.74, 6) is 0.645. The molecular formula is C19H23N5O3. The van der Waals surface area contributed by atoms with Crippen LogP contribution in [0.1, 0.15) is 19.3 Å². The third-order valence-corrected chi connectivity index (χ3v) is 5.23. The third-order valence-electron chi connectivity index (χ3n) is 5.23. The van der Waals surface area contributed by atoms with Crippen molar-refractivity contribution in [3.05, 3.63) is 36.4 Å². The van der Waals surface area contributed by atoms with Crippen molar-refractivity contribution < 1.29 is 14.3 Å². The summed E-state index contributed by atoms with van der Waals surface area (Å²) in [6.07, 6.45) is 1.83. The van der Waals surface area contributed by atoms with Crippen LogP contribution in [0.3, 0.4) is 0 Å². The number of rotatable bonds is 2. The van der Waals surface area contributed by atoms with Gasteiger partial charge in [-0.3, -0.25) is 10.00 Å². The number of carbonyl (C=O) groups excluding carboxylic acids is 2. The highest BCUT2D eigenvalue weighted by atomic mass is 16.6. The number of anilines is 1. The second-order valence-electron chi connectivity index (χ2n) is 7.10. The first-order valence-corrected chi connectivity index (χ1v) is 9.17. The smallest absolute Gasteiger partial charge is 0.407 e. The Morgan fingerprint density at radius 2 is 2.07 bits per heavy atom. The Bertz CT molecular complexity index is 850. The maximum absolute atomic E-state index is 12.7. The predicted molar refractivity (Wildman–Crippen MR) is 100 cm³/mol. The molecular weight excluding hydrogens is 346 g/mol. The highest BCUT2D eigenvalue weighted by Gasteiger charge is 2.41. The number of benzene rings is 1. The molecule has 2 fully saturated rings. The molecule has 1 unspecified atom stereocenters. The molecule has 1 atom stereocenters. The van der Waals surface area contributed by atoms with E-state index in [9.17, 15) is 9.59 Å². The first-order valence-electron chi connectivity index (χ1n) is 9.17. The number of likely N-dealkylation sites (tertiary alicyclic amines) is 1. The predicted octanol–water partition coefficient (Wildman–Crippen LogP) is 2.58. The van der Waals surface area contributed by atoms with Gasteiger partial charge in [0.2, 0.25) is 0 Å². The average Bonchev–Trinajstić information content (AvgIpc) is 3.13. The monoisotopic (exact) mass is 369 g/mol. The molecule has 8 nitrogen and oxygen atoms in total. The molecule has 142 valence electrons. The molecule has 0 radical (unpaired) electrons. The van der Waals surface area contributed by atoms with E-state index in [0.29, 0.717) is 31.9 Å². The lowest BCUT2D eigenvalue weighted by molar-refractivity contribution is 0.0454. The number of hydrogen-bond acceptors (Lipinski definition) is 4. The number of urea groups is 1. The van der Waals surface area contributed by atoms with Gasteiger partial charge in [-0.15, -0.1) is 0 Å². The average molecular weight is 369 g/mol. The minimum absolute atomic E-state index is 0.160. The lowest BCUT2D eigenvalue weighted by Crippen LogP contribution is -2.38. The van der Waals surface area contributed by atoms with Crippen molar-refractivity contribution in [2.24, 2.45) is 7.05 Å². The number of nitrogens with zero attached hydrogens (tertiary/aromatic N) is 3. The molecule has 2 aliphatic rings. The minimum atomic E-state index is -0.473. The van der Waals surface area contributed by atoms with Gasteiger partial charge < -0.3 is 15.0 Å². The van der Waals surface area contributed by atoms with E-state index < -0.39 is 5.60 Å². The van der Waals surface area contributed by atoms with Crippen LogP contribution in [0.2, 0.25) is 0 Å². The molecule has 2 saturated heterocycles. The number of nitrogens with one attached hydrogen (secondary N) is 2. The lowest BCUT2D eigenvalue weighted by Gasteiger charge is -2.25. The first kappa shape index (κ1) is 17.4. The van der Waals surface area contributed by atoms with E-state index in [2.05, 4.69) is 15.7 Å². The summed E-state index contributed by atoms with van der Waals surface area (Å²) in [6.45, 7) is 1.70. The van der Waals surface area contributed by atoms with E-state index in [1.54, 1.807) is 9.58 Å². The Balaban J connectivity index is 1.42. The minimum Gasteiger partial charge on any atom is -0.441 e. The Morgan fingerprint density at radius 1 is 1.26 bits per heavy atom. The van der Waals surface area contributed by atoms with Crippen molar-refractivity contribution in [3.63, 3.8) is 0 Å². The zero-order valence-electron chi connectivity index (χ0n) is 15.3. The number of carbonyl (C=O) groups is 2. The van der Waals surface area contributed by atoms with Gasteiger partial charge in [-0.1, -0.05) is 30.3 Å². The van der Waals surface area contributed by atoms with Gasteiger partial charge >= 0.3 is 12.1 Å². The molecule has 8 heteroatoms. The van der Waals surface area contributed by atoms with Crippen molar-refractivity contribution >= 4 is 17.9 Å². The molecule has 3 amide bonds. The molecule has 2 aliphatic heterocycles. The van der Waals surface area contributed by atoms with Gasteiger partial charge in [-0.2, -0.15) is 5.10 Å². The Morgan fingerprint density at radius 3 is 2.81 bits per heavy atom. The van der Waals surface area contributed by atoms with E-state index in [1.807, 2.05) is 43.4 Å². The van der Waals surface area contributed by atoms with Crippen molar-refractivity contribution in [3.8, 4) is 11.3 Å². The van der Waals surface area contributed by atoms with Crippen LogP contribution in [0, 0.1) is 0 Å². The fourth-order valence-corrected chi connectivity index (χ4v) is 3.67. The van der Waals surface area contributed by atoms with Crippen LogP contribution >= 0.6 is 0 Å². The first-order chi connectivity index (χ1) is 13.0. The van der Waals surface area contributed by atoms with Gasteiger partial charge in [0, 0.05) is 38.2 Å². The number of aryl methyl sites for hydroxylation is 1.